The average molecular weight is 319 g/mol. The fraction of sp³-hybridized carbons (Fsp3) is 0.286. The molecule has 0 spiro atoms. The van der Waals surface area contributed by atoms with E-state index in [9.17, 15) is 4.79 Å². The van der Waals surface area contributed by atoms with E-state index in [1.807, 2.05) is 12.1 Å². The first-order valence-corrected chi connectivity index (χ1v) is 8.42. The van der Waals surface area contributed by atoms with Crippen molar-refractivity contribution in [2.24, 2.45) is 5.92 Å². The smallest absolute Gasteiger partial charge is 0.335 e. The predicted molar refractivity (Wildman–Crippen MR) is 95.7 cm³/mol. The summed E-state index contributed by atoms with van der Waals surface area (Å²) >= 11 is 0. The van der Waals surface area contributed by atoms with Crippen molar-refractivity contribution in [2.45, 2.75) is 32.2 Å². The van der Waals surface area contributed by atoms with Crippen LogP contribution in [0.5, 0.6) is 0 Å². The van der Waals surface area contributed by atoms with Crippen molar-refractivity contribution in [1.82, 2.24) is 0 Å². The molecule has 2 aromatic rings. The Morgan fingerprint density at radius 1 is 1.17 bits per heavy atom. The van der Waals surface area contributed by atoms with Crippen LogP contribution in [0.2, 0.25) is 0 Å². The molecular formula is C21H21NO2. The van der Waals surface area contributed by atoms with Crippen LogP contribution < -0.4 is 5.32 Å². The van der Waals surface area contributed by atoms with Crippen molar-refractivity contribution in [3.8, 4) is 0 Å². The molecule has 1 aliphatic carbocycles. The molecule has 2 aromatic carbocycles. The van der Waals surface area contributed by atoms with Crippen LogP contribution in [0.25, 0.3) is 0 Å². The van der Waals surface area contributed by atoms with E-state index in [1.54, 1.807) is 12.1 Å². The van der Waals surface area contributed by atoms with Crippen molar-refractivity contribution in [2.75, 3.05) is 5.32 Å². The van der Waals surface area contributed by atoms with Gasteiger partial charge in [-0.2, -0.15) is 0 Å². The van der Waals surface area contributed by atoms with Gasteiger partial charge in [-0.3, -0.25) is 0 Å². The maximum absolute atomic E-state index is 11.1. The van der Waals surface area contributed by atoms with Gasteiger partial charge in [-0.25, -0.2) is 4.79 Å². The Hall–Kier alpha value is -2.55. The molecule has 0 saturated carbocycles. The first kappa shape index (κ1) is 15.0. The standard InChI is InChI=1S/C21H21NO2/c1-12-10-13(2)19-16-4-3-5-17(16)20(22-18(19)11-12)14-6-8-15(9-7-14)21(23)24/h3-4,6-11,16-17,20,22H,5H2,1-2H3,(H,23,24)/t16-,17+,20-/m0/s1. The zero-order valence-electron chi connectivity index (χ0n) is 13.9. The molecule has 0 aromatic heterocycles. The van der Waals surface area contributed by atoms with Crippen LogP contribution in [-0.2, 0) is 0 Å². The lowest BCUT2D eigenvalue weighted by Crippen LogP contribution is -2.29. The molecule has 24 heavy (non-hydrogen) atoms. The fourth-order valence-corrected chi connectivity index (χ4v) is 4.30. The number of carboxylic acid groups (broad SMARTS) is 1. The molecule has 0 saturated heterocycles. The van der Waals surface area contributed by atoms with Crippen LogP contribution in [0.4, 0.5) is 5.69 Å². The Morgan fingerprint density at radius 3 is 2.62 bits per heavy atom. The van der Waals surface area contributed by atoms with Gasteiger partial charge in [0.1, 0.15) is 0 Å². The third-order valence-electron chi connectivity index (χ3n) is 5.33. The SMILES string of the molecule is Cc1cc(C)c2c(c1)N[C@@H](c1ccc(C(=O)O)cc1)[C@@H]1CC=C[C@H]21. The molecule has 2 N–H and O–H groups in total. The summed E-state index contributed by atoms with van der Waals surface area (Å²) in [5, 5.41) is 12.8. The summed E-state index contributed by atoms with van der Waals surface area (Å²) in [6.45, 7) is 4.32. The number of rotatable bonds is 2. The number of aromatic carboxylic acids is 1. The van der Waals surface area contributed by atoms with Crippen molar-refractivity contribution >= 4 is 11.7 Å². The molecule has 0 fully saturated rings. The van der Waals surface area contributed by atoms with E-state index in [0.717, 1.165) is 12.0 Å². The molecule has 0 amide bonds. The van der Waals surface area contributed by atoms with E-state index in [0.29, 0.717) is 17.4 Å². The number of carbonyl (C=O) groups is 1. The minimum atomic E-state index is -0.879. The molecule has 1 heterocycles. The summed E-state index contributed by atoms with van der Waals surface area (Å²) in [5.74, 6) is 0.0377. The second-order valence-electron chi connectivity index (χ2n) is 6.95. The first-order chi connectivity index (χ1) is 11.5. The minimum Gasteiger partial charge on any atom is -0.478 e. The Kier molecular flexibility index (Phi) is 3.45. The molecule has 2 aliphatic rings. The van der Waals surface area contributed by atoms with Gasteiger partial charge in [-0.15, -0.1) is 0 Å². The van der Waals surface area contributed by atoms with Gasteiger partial charge < -0.3 is 10.4 Å². The molecule has 1 aliphatic heterocycles. The Bertz CT molecular complexity index is 836. The quantitative estimate of drug-likeness (QED) is 0.780. The lowest BCUT2D eigenvalue weighted by molar-refractivity contribution is 0.0697. The molecule has 0 bridgehead atoms. The largest absolute Gasteiger partial charge is 0.478 e. The average Bonchev–Trinajstić information content (AvgIpc) is 3.02. The lowest BCUT2D eigenvalue weighted by Gasteiger charge is -2.38. The van der Waals surface area contributed by atoms with E-state index in [2.05, 4.69) is 43.4 Å². The molecular weight excluding hydrogens is 298 g/mol. The molecule has 0 radical (unpaired) electrons. The topological polar surface area (TPSA) is 49.3 Å². The molecule has 4 rings (SSSR count). The van der Waals surface area contributed by atoms with E-state index in [4.69, 9.17) is 5.11 Å². The number of aryl methyl sites for hydroxylation is 2. The van der Waals surface area contributed by atoms with Gasteiger partial charge >= 0.3 is 5.97 Å². The summed E-state index contributed by atoms with van der Waals surface area (Å²) in [4.78, 5) is 11.1. The highest BCUT2D eigenvalue weighted by atomic mass is 16.4. The Morgan fingerprint density at radius 2 is 1.92 bits per heavy atom. The number of hydrogen-bond donors (Lipinski definition) is 2. The Balaban J connectivity index is 1.76. The summed E-state index contributed by atoms with van der Waals surface area (Å²) in [6, 6.07) is 12.0. The summed E-state index contributed by atoms with van der Waals surface area (Å²) < 4.78 is 0. The fourth-order valence-electron chi connectivity index (χ4n) is 4.30. The summed E-state index contributed by atoms with van der Waals surface area (Å²) in [7, 11) is 0. The summed E-state index contributed by atoms with van der Waals surface area (Å²) in [5.41, 5.74) is 6.73. The maximum atomic E-state index is 11.1. The van der Waals surface area contributed by atoms with Crippen LogP contribution in [0.3, 0.4) is 0 Å². The van der Waals surface area contributed by atoms with Crippen LogP contribution in [0.1, 0.15) is 51.0 Å². The van der Waals surface area contributed by atoms with E-state index in [1.165, 1.54) is 22.4 Å². The maximum Gasteiger partial charge on any atom is 0.335 e. The first-order valence-electron chi connectivity index (χ1n) is 8.42. The number of carboxylic acids is 1. The summed E-state index contributed by atoms with van der Waals surface area (Å²) in [6.07, 6.45) is 5.67. The highest BCUT2D eigenvalue weighted by Crippen LogP contribution is 2.50. The van der Waals surface area contributed by atoms with Gasteiger partial charge in [0.2, 0.25) is 0 Å². The van der Waals surface area contributed by atoms with Gasteiger partial charge in [0, 0.05) is 11.6 Å². The number of hydrogen-bond acceptors (Lipinski definition) is 2. The second kappa shape index (κ2) is 5.52. The van der Waals surface area contributed by atoms with Crippen LogP contribution in [-0.4, -0.2) is 11.1 Å². The van der Waals surface area contributed by atoms with Gasteiger partial charge in [-0.1, -0.05) is 30.4 Å². The molecule has 122 valence electrons. The lowest BCUT2D eigenvalue weighted by atomic mass is 9.75. The Labute approximate surface area is 142 Å². The molecule has 3 heteroatoms. The highest BCUT2D eigenvalue weighted by molar-refractivity contribution is 5.87. The van der Waals surface area contributed by atoms with Gasteiger partial charge in [-0.05, 0) is 66.6 Å². The number of benzene rings is 2. The van der Waals surface area contributed by atoms with Gasteiger partial charge in [0.25, 0.3) is 0 Å². The predicted octanol–water partition coefficient (Wildman–Crippen LogP) is 4.83. The molecule has 3 nitrogen and oxygen atoms in total. The van der Waals surface area contributed by atoms with Crippen LogP contribution in [0, 0.1) is 19.8 Å². The monoisotopic (exact) mass is 319 g/mol. The zero-order valence-corrected chi connectivity index (χ0v) is 13.9. The van der Waals surface area contributed by atoms with E-state index >= 15 is 0 Å². The molecule has 3 atom stereocenters. The van der Waals surface area contributed by atoms with Crippen molar-refractivity contribution in [1.29, 1.82) is 0 Å². The van der Waals surface area contributed by atoms with E-state index in [-0.39, 0.29) is 6.04 Å². The number of anilines is 1. The second-order valence-corrected chi connectivity index (χ2v) is 6.95. The minimum absolute atomic E-state index is 0.210. The third-order valence-corrected chi connectivity index (χ3v) is 5.33. The number of nitrogens with one attached hydrogen (secondary N) is 1. The number of allylic oxidation sites excluding steroid dienone is 2. The normalized spacial score (nSPS) is 24.2. The van der Waals surface area contributed by atoms with Gasteiger partial charge in [0.15, 0.2) is 0 Å². The number of fused-ring (bicyclic) bond motifs is 3. The van der Waals surface area contributed by atoms with Crippen LogP contribution in [0.15, 0.2) is 48.6 Å². The molecule has 0 unspecified atom stereocenters. The zero-order chi connectivity index (χ0) is 16.8. The van der Waals surface area contributed by atoms with E-state index < -0.39 is 5.97 Å². The van der Waals surface area contributed by atoms with Crippen molar-refractivity contribution in [3.05, 3.63) is 76.4 Å². The van der Waals surface area contributed by atoms with Crippen molar-refractivity contribution in [3.63, 3.8) is 0 Å². The van der Waals surface area contributed by atoms with Crippen LogP contribution >= 0.6 is 0 Å². The third kappa shape index (κ3) is 2.32. The highest BCUT2D eigenvalue weighted by Gasteiger charge is 2.38. The van der Waals surface area contributed by atoms with Crippen molar-refractivity contribution < 1.29 is 9.90 Å². The van der Waals surface area contributed by atoms with Gasteiger partial charge in [0.05, 0.1) is 11.6 Å².